The summed E-state index contributed by atoms with van der Waals surface area (Å²) < 4.78 is 0. The fourth-order valence-corrected chi connectivity index (χ4v) is 2.43. The minimum absolute atomic E-state index is 0.159. The Morgan fingerprint density at radius 1 is 1.20 bits per heavy atom. The Kier molecular flexibility index (Phi) is 2.78. The zero-order chi connectivity index (χ0) is 14.3. The molecule has 6 heteroatoms. The number of amides is 2. The Morgan fingerprint density at radius 3 is 2.60 bits per heavy atom. The maximum Gasteiger partial charge on any atom is 0.246 e. The number of nitrogens with two attached hydrogens (primary N) is 1. The van der Waals surface area contributed by atoms with Crippen molar-refractivity contribution in [3.05, 3.63) is 30.1 Å². The lowest BCUT2D eigenvalue weighted by atomic mass is 10.1. The van der Waals surface area contributed by atoms with E-state index in [1.807, 2.05) is 19.1 Å². The highest BCUT2D eigenvalue weighted by Crippen LogP contribution is 2.31. The van der Waals surface area contributed by atoms with Gasteiger partial charge in [0.15, 0.2) is 0 Å². The van der Waals surface area contributed by atoms with Crippen LogP contribution in [0.5, 0.6) is 0 Å². The molecule has 6 nitrogen and oxygen atoms in total. The number of aryl methyl sites for hydroxylation is 1. The summed E-state index contributed by atoms with van der Waals surface area (Å²) >= 11 is 0. The van der Waals surface area contributed by atoms with Crippen LogP contribution in [0.15, 0.2) is 24.4 Å². The molecule has 3 N–H and O–H groups in total. The Morgan fingerprint density at radius 2 is 1.90 bits per heavy atom. The van der Waals surface area contributed by atoms with Gasteiger partial charge >= 0.3 is 0 Å². The number of piperazine rings is 1. The minimum atomic E-state index is -0.294. The molecule has 20 heavy (non-hydrogen) atoms. The number of nitrogen functional groups attached to an aromatic ring is 1. The number of carbonyl (C=O) groups is 2. The normalized spacial score (nSPS) is 15.6. The first-order valence-corrected chi connectivity index (χ1v) is 6.27. The van der Waals surface area contributed by atoms with Gasteiger partial charge in [0.2, 0.25) is 11.8 Å². The van der Waals surface area contributed by atoms with Crippen LogP contribution in [0, 0.1) is 6.92 Å². The highest BCUT2D eigenvalue weighted by molar-refractivity contribution is 6.07. The number of anilines is 2. The zero-order valence-corrected chi connectivity index (χ0v) is 11.0. The van der Waals surface area contributed by atoms with E-state index in [4.69, 9.17) is 5.73 Å². The van der Waals surface area contributed by atoms with Crippen LogP contribution in [-0.2, 0) is 9.59 Å². The number of fused-ring (bicyclic) bond motifs is 1. The standard InChI is InChI=1S/C14H14N4O2/c1-8-4-9-10(5-16-8)11(15)2-3-12(9)18-6-13(19)17-14(20)7-18/h2-5H,6-7,15H2,1H3,(H,17,19,20). The molecule has 2 amide bonds. The lowest BCUT2D eigenvalue weighted by Gasteiger charge is -2.28. The molecule has 0 spiro atoms. The molecule has 0 unspecified atom stereocenters. The van der Waals surface area contributed by atoms with Crippen LogP contribution >= 0.6 is 0 Å². The molecule has 1 aliphatic rings. The van der Waals surface area contributed by atoms with Gasteiger partial charge in [-0.05, 0) is 25.1 Å². The van der Waals surface area contributed by atoms with Crippen molar-refractivity contribution in [3.8, 4) is 0 Å². The van der Waals surface area contributed by atoms with E-state index in [1.54, 1.807) is 17.2 Å². The van der Waals surface area contributed by atoms with E-state index in [9.17, 15) is 9.59 Å². The molecule has 0 saturated carbocycles. The first kappa shape index (κ1) is 12.4. The lowest BCUT2D eigenvalue weighted by Crippen LogP contribution is -2.51. The molecule has 3 rings (SSSR count). The summed E-state index contributed by atoms with van der Waals surface area (Å²) in [5, 5.41) is 4.02. The number of imide groups is 1. The lowest BCUT2D eigenvalue weighted by molar-refractivity contribution is -0.130. The number of carbonyl (C=O) groups excluding carboxylic acids is 2. The van der Waals surface area contributed by atoms with E-state index in [1.165, 1.54) is 0 Å². The van der Waals surface area contributed by atoms with Gasteiger partial charge in [-0.15, -0.1) is 0 Å². The number of benzene rings is 1. The first-order valence-electron chi connectivity index (χ1n) is 6.27. The smallest absolute Gasteiger partial charge is 0.246 e. The third kappa shape index (κ3) is 2.05. The summed E-state index contributed by atoms with van der Waals surface area (Å²) in [4.78, 5) is 29.0. The van der Waals surface area contributed by atoms with Crippen molar-refractivity contribution in [1.29, 1.82) is 0 Å². The molecule has 0 bridgehead atoms. The van der Waals surface area contributed by atoms with Gasteiger partial charge in [-0.3, -0.25) is 19.9 Å². The first-order chi connectivity index (χ1) is 9.54. The predicted molar refractivity (Wildman–Crippen MR) is 76.3 cm³/mol. The number of nitrogens with zero attached hydrogens (tertiary/aromatic N) is 2. The van der Waals surface area contributed by atoms with Crippen LogP contribution < -0.4 is 16.0 Å². The Balaban J connectivity index is 2.16. The molecular formula is C14H14N4O2. The van der Waals surface area contributed by atoms with Gasteiger partial charge in [0.1, 0.15) is 0 Å². The second-order valence-electron chi connectivity index (χ2n) is 4.87. The van der Waals surface area contributed by atoms with Crippen LogP contribution in [0.3, 0.4) is 0 Å². The molecule has 2 aromatic rings. The molecule has 102 valence electrons. The molecular weight excluding hydrogens is 256 g/mol. The highest BCUT2D eigenvalue weighted by Gasteiger charge is 2.24. The average molecular weight is 270 g/mol. The van der Waals surface area contributed by atoms with Crippen LogP contribution in [0.1, 0.15) is 5.69 Å². The van der Waals surface area contributed by atoms with Gasteiger partial charge in [0.25, 0.3) is 0 Å². The zero-order valence-electron chi connectivity index (χ0n) is 11.0. The summed E-state index contributed by atoms with van der Waals surface area (Å²) in [6.07, 6.45) is 1.72. The maximum absolute atomic E-state index is 11.5. The van der Waals surface area contributed by atoms with Crippen LogP contribution in [0.2, 0.25) is 0 Å². The fourth-order valence-electron chi connectivity index (χ4n) is 2.43. The fraction of sp³-hybridized carbons (Fsp3) is 0.214. The Hall–Kier alpha value is -2.63. The summed E-state index contributed by atoms with van der Waals surface area (Å²) in [6, 6.07) is 5.52. The molecule has 1 aliphatic heterocycles. The van der Waals surface area contributed by atoms with Crippen molar-refractivity contribution in [2.24, 2.45) is 0 Å². The van der Waals surface area contributed by atoms with Gasteiger partial charge in [-0.25, -0.2) is 0 Å². The van der Waals surface area contributed by atoms with E-state index < -0.39 is 0 Å². The van der Waals surface area contributed by atoms with Gasteiger partial charge in [-0.2, -0.15) is 0 Å². The second kappa shape index (κ2) is 4.48. The number of pyridine rings is 1. The number of nitrogens with one attached hydrogen (secondary N) is 1. The van der Waals surface area contributed by atoms with E-state index in [0.29, 0.717) is 5.69 Å². The van der Waals surface area contributed by atoms with Gasteiger partial charge < -0.3 is 10.6 Å². The summed E-state index contributed by atoms with van der Waals surface area (Å²) in [6.45, 7) is 2.21. The van der Waals surface area contributed by atoms with Crippen molar-refractivity contribution < 1.29 is 9.59 Å². The third-order valence-electron chi connectivity index (χ3n) is 3.34. The van der Waals surface area contributed by atoms with Gasteiger partial charge in [-0.1, -0.05) is 0 Å². The molecule has 1 aromatic heterocycles. The highest BCUT2D eigenvalue weighted by atomic mass is 16.2. The van der Waals surface area contributed by atoms with Crippen molar-refractivity contribution in [2.75, 3.05) is 23.7 Å². The van der Waals surface area contributed by atoms with Gasteiger partial charge in [0.05, 0.1) is 13.1 Å². The monoisotopic (exact) mass is 270 g/mol. The summed E-state index contributed by atoms with van der Waals surface area (Å²) in [5.41, 5.74) is 8.26. The SMILES string of the molecule is Cc1cc2c(N3CC(=O)NC(=O)C3)ccc(N)c2cn1. The van der Waals surface area contributed by atoms with Crippen molar-refractivity contribution >= 4 is 34.0 Å². The molecule has 1 saturated heterocycles. The molecule has 1 fully saturated rings. The summed E-state index contributed by atoms with van der Waals surface area (Å²) in [7, 11) is 0. The van der Waals surface area contributed by atoms with E-state index in [-0.39, 0.29) is 24.9 Å². The van der Waals surface area contributed by atoms with Gasteiger partial charge in [0, 0.05) is 34.0 Å². The Bertz CT molecular complexity index is 710. The molecule has 0 aliphatic carbocycles. The van der Waals surface area contributed by atoms with Crippen LogP contribution in [0.4, 0.5) is 11.4 Å². The number of hydrogen-bond donors (Lipinski definition) is 2. The minimum Gasteiger partial charge on any atom is -0.398 e. The quantitative estimate of drug-likeness (QED) is 0.585. The number of aromatic nitrogens is 1. The number of hydrogen-bond acceptors (Lipinski definition) is 5. The van der Waals surface area contributed by atoms with E-state index in [2.05, 4.69) is 10.3 Å². The van der Waals surface area contributed by atoms with Crippen LogP contribution in [0.25, 0.3) is 10.8 Å². The summed E-state index contributed by atoms with van der Waals surface area (Å²) in [5.74, 6) is -0.589. The van der Waals surface area contributed by atoms with Crippen molar-refractivity contribution in [1.82, 2.24) is 10.3 Å². The van der Waals surface area contributed by atoms with Crippen molar-refractivity contribution in [2.45, 2.75) is 6.92 Å². The largest absolute Gasteiger partial charge is 0.398 e. The molecule has 2 heterocycles. The molecule has 0 radical (unpaired) electrons. The maximum atomic E-state index is 11.5. The molecule has 0 atom stereocenters. The van der Waals surface area contributed by atoms with E-state index in [0.717, 1.165) is 22.2 Å². The predicted octanol–water partition coefficient (Wildman–Crippen LogP) is 0.588. The molecule has 1 aromatic carbocycles. The average Bonchev–Trinajstić information content (AvgIpc) is 2.37. The Labute approximate surface area is 115 Å². The topological polar surface area (TPSA) is 88.3 Å². The van der Waals surface area contributed by atoms with Crippen molar-refractivity contribution in [3.63, 3.8) is 0 Å². The number of rotatable bonds is 1. The van der Waals surface area contributed by atoms with E-state index >= 15 is 0 Å². The van der Waals surface area contributed by atoms with Crippen LogP contribution in [-0.4, -0.2) is 29.9 Å². The third-order valence-corrected chi connectivity index (χ3v) is 3.34. The second-order valence-corrected chi connectivity index (χ2v) is 4.87.